The van der Waals surface area contributed by atoms with E-state index in [4.69, 9.17) is 5.11 Å². The fourth-order valence-corrected chi connectivity index (χ4v) is 2.64. The smallest absolute Gasteiger partial charge is 0.319 e. The van der Waals surface area contributed by atoms with Crippen LogP contribution in [-0.2, 0) is 4.79 Å². The van der Waals surface area contributed by atoms with Gasteiger partial charge in [-0.25, -0.2) is 4.79 Å². The van der Waals surface area contributed by atoms with Crippen LogP contribution in [0, 0.1) is 15.4 Å². The summed E-state index contributed by atoms with van der Waals surface area (Å²) < 4.78 is 0.953. The maximum Gasteiger partial charge on any atom is 0.319 e. The van der Waals surface area contributed by atoms with Crippen LogP contribution in [0.15, 0.2) is 24.3 Å². The van der Waals surface area contributed by atoms with Crippen molar-refractivity contribution in [2.24, 2.45) is 11.8 Å². The number of carbonyl (C=O) groups is 2. The van der Waals surface area contributed by atoms with Gasteiger partial charge >= 0.3 is 12.0 Å². The molecule has 0 aliphatic heterocycles. The van der Waals surface area contributed by atoms with E-state index >= 15 is 0 Å². The highest BCUT2D eigenvalue weighted by Crippen LogP contribution is 2.17. The summed E-state index contributed by atoms with van der Waals surface area (Å²) in [5.41, 5.74) is 0.745. The number of para-hydroxylation sites is 1. The van der Waals surface area contributed by atoms with Gasteiger partial charge in [0.05, 0.1) is 5.69 Å². The molecule has 0 saturated carbocycles. The van der Waals surface area contributed by atoms with Crippen molar-refractivity contribution in [3.05, 3.63) is 27.8 Å². The molecular weight excluding hydrogens is 383 g/mol. The zero-order valence-electron chi connectivity index (χ0n) is 12.2. The largest absolute Gasteiger partial charge is 0.481 e. The molecule has 1 unspecified atom stereocenters. The molecule has 1 aromatic rings. The first kappa shape index (κ1) is 17.7. The third kappa shape index (κ3) is 7.31. The number of hydrogen-bond acceptors (Lipinski definition) is 2. The SMILES string of the molecule is CC(C)CC(CNC(=O)Nc1ccccc1I)CC(=O)O. The molecule has 0 aromatic heterocycles. The zero-order chi connectivity index (χ0) is 15.8. The molecule has 0 aliphatic rings. The Bertz CT molecular complexity index is 492. The molecule has 1 atom stereocenters. The summed E-state index contributed by atoms with van der Waals surface area (Å²) in [6.45, 7) is 4.45. The van der Waals surface area contributed by atoms with Gasteiger partial charge in [-0.15, -0.1) is 0 Å². The molecular formula is C15H21IN2O3. The van der Waals surface area contributed by atoms with Crippen LogP contribution in [0.3, 0.4) is 0 Å². The summed E-state index contributed by atoms with van der Waals surface area (Å²) in [6.07, 6.45) is 0.844. The number of anilines is 1. The highest BCUT2D eigenvalue weighted by Gasteiger charge is 2.16. The van der Waals surface area contributed by atoms with E-state index in [0.29, 0.717) is 12.5 Å². The van der Waals surface area contributed by atoms with Crippen molar-refractivity contribution in [3.8, 4) is 0 Å². The minimum absolute atomic E-state index is 0.0527. The number of aliphatic carboxylic acids is 1. The Hall–Kier alpha value is -1.31. The molecule has 6 heteroatoms. The van der Waals surface area contributed by atoms with Crippen LogP contribution in [0.1, 0.15) is 26.7 Å². The van der Waals surface area contributed by atoms with Gasteiger partial charge in [-0.3, -0.25) is 4.79 Å². The van der Waals surface area contributed by atoms with E-state index < -0.39 is 5.97 Å². The van der Waals surface area contributed by atoms with E-state index in [1.165, 1.54) is 0 Å². The average Bonchev–Trinajstić information content (AvgIpc) is 2.37. The summed E-state index contributed by atoms with van der Waals surface area (Å²) in [7, 11) is 0. The van der Waals surface area contributed by atoms with Crippen LogP contribution in [-0.4, -0.2) is 23.7 Å². The minimum Gasteiger partial charge on any atom is -0.481 e. The predicted octanol–water partition coefficient (Wildman–Crippen LogP) is 3.55. The van der Waals surface area contributed by atoms with Gasteiger partial charge < -0.3 is 15.7 Å². The van der Waals surface area contributed by atoms with Gasteiger partial charge in [0, 0.05) is 16.5 Å². The summed E-state index contributed by atoms with van der Waals surface area (Å²) in [5.74, 6) is -0.488. The highest BCUT2D eigenvalue weighted by molar-refractivity contribution is 14.1. The summed E-state index contributed by atoms with van der Waals surface area (Å²) >= 11 is 2.15. The van der Waals surface area contributed by atoms with Crippen molar-refractivity contribution in [2.45, 2.75) is 26.7 Å². The Kier molecular flexibility index (Phi) is 7.49. The van der Waals surface area contributed by atoms with Gasteiger partial charge in [-0.05, 0) is 53.0 Å². The number of carboxylic acid groups (broad SMARTS) is 1. The highest BCUT2D eigenvalue weighted by atomic mass is 127. The number of carbonyl (C=O) groups excluding carboxylic acids is 1. The zero-order valence-corrected chi connectivity index (χ0v) is 14.4. The predicted molar refractivity (Wildman–Crippen MR) is 91.4 cm³/mol. The molecule has 0 spiro atoms. The second-order valence-corrected chi connectivity index (χ2v) is 6.57. The number of nitrogens with one attached hydrogen (secondary N) is 2. The maximum atomic E-state index is 11.9. The van der Waals surface area contributed by atoms with Crippen LogP contribution in [0.25, 0.3) is 0 Å². The topological polar surface area (TPSA) is 78.4 Å². The van der Waals surface area contributed by atoms with Crippen molar-refractivity contribution in [1.29, 1.82) is 0 Å². The lowest BCUT2D eigenvalue weighted by Gasteiger charge is -2.18. The van der Waals surface area contributed by atoms with Gasteiger partial charge in [0.1, 0.15) is 0 Å². The van der Waals surface area contributed by atoms with Crippen molar-refractivity contribution in [3.63, 3.8) is 0 Å². The number of urea groups is 1. The maximum absolute atomic E-state index is 11.9. The normalized spacial score (nSPS) is 12.0. The number of benzene rings is 1. The molecule has 0 fully saturated rings. The van der Waals surface area contributed by atoms with E-state index in [0.717, 1.165) is 15.7 Å². The first-order valence-electron chi connectivity index (χ1n) is 6.89. The minimum atomic E-state index is -0.833. The van der Waals surface area contributed by atoms with Gasteiger partial charge in [0.25, 0.3) is 0 Å². The van der Waals surface area contributed by atoms with Crippen LogP contribution in [0.4, 0.5) is 10.5 Å². The summed E-state index contributed by atoms with van der Waals surface area (Å²) in [4.78, 5) is 22.7. The van der Waals surface area contributed by atoms with Crippen LogP contribution >= 0.6 is 22.6 Å². The Morgan fingerprint density at radius 2 is 1.95 bits per heavy atom. The molecule has 0 saturated heterocycles. The van der Waals surface area contributed by atoms with Crippen LogP contribution in [0.5, 0.6) is 0 Å². The first-order valence-corrected chi connectivity index (χ1v) is 7.97. The quantitative estimate of drug-likeness (QED) is 0.609. The monoisotopic (exact) mass is 404 g/mol. The third-order valence-electron chi connectivity index (χ3n) is 2.94. The van der Waals surface area contributed by atoms with E-state index in [2.05, 4.69) is 33.2 Å². The van der Waals surface area contributed by atoms with Crippen molar-refractivity contribution >= 4 is 40.3 Å². The number of rotatable bonds is 7. The number of amides is 2. The Labute approximate surface area is 138 Å². The van der Waals surface area contributed by atoms with Gasteiger partial charge in [0.2, 0.25) is 0 Å². The Balaban J connectivity index is 2.49. The van der Waals surface area contributed by atoms with Crippen LogP contribution in [0.2, 0.25) is 0 Å². The van der Waals surface area contributed by atoms with E-state index in [-0.39, 0.29) is 18.4 Å². The molecule has 0 aliphatic carbocycles. The van der Waals surface area contributed by atoms with Gasteiger partial charge in [-0.2, -0.15) is 0 Å². The molecule has 2 amide bonds. The molecule has 1 aromatic carbocycles. The number of halogens is 1. The molecule has 5 nitrogen and oxygen atoms in total. The Morgan fingerprint density at radius 3 is 2.52 bits per heavy atom. The first-order chi connectivity index (χ1) is 9.88. The fraction of sp³-hybridized carbons (Fsp3) is 0.467. The summed E-state index contributed by atoms with van der Waals surface area (Å²) in [6, 6.07) is 7.17. The molecule has 0 heterocycles. The molecule has 1 rings (SSSR count). The fourth-order valence-electron chi connectivity index (χ4n) is 2.12. The molecule has 116 valence electrons. The lowest BCUT2D eigenvalue weighted by molar-refractivity contribution is -0.138. The molecule has 21 heavy (non-hydrogen) atoms. The lowest BCUT2D eigenvalue weighted by Crippen LogP contribution is -2.34. The number of hydrogen-bond donors (Lipinski definition) is 3. The second kappa shape index (κ2) is 8.86. The Morgan fingerprint density at radius 1 is 1.29 bits per heavy atom. The number of carboxylic acids is 1. The molecule has 0 bridgehead atoms. The second-order valence-electron chi connectivity index (χ2n) is 5.41. The van der Waals surface area contributed by atoms with Crippen molar-refractivity contribution in [2.75, 3.05) is 11.9 Å². The van der Waals surface area contributed by atoms with E-state index in [1.807, 2.05) is 38.1 Å². The standard InChI is InChI=1S/C15H21IN2O3/c1-10(2)7-11(8-14(19)20)9-17-15(21)18-13-6-4-3-5-12(13)16/h3-6,10-11H,7-9H2,1-2H3,(H,19,20)(H2,17,18,21). The van der Waals surface area contributed by atoms with Crippen molar-refractivity contribution in [1.82, 2.24) is 5.32 Å². The average molecular weight is 404 g/mol. The molecule has 0 radical (unpaired) electrons. The van der Waals surface area contributed by atoms with Crippen LogP contribution < -0.4 is 10.6 Å². The summed E-state index contributed by atoms with van der Waals surface area (Å²) in [5, 5.41) is 14.4. The third-order valence-corrected chi connectivity index (χ3v) is 3.88. The van der Waals surface area contributed by atoms with E-state index in [1.54, 1.807) is 0 Å². The van der Waals surface area contributed by atoms with Gasteiger partial charge in [-0.1, -0.05) is 26.0 Å². The van der Waals surface area contributed by atoms with Crippen molar-refractivity contribution < 1.29 is 14.7 Å². The van der Waals surface area contributed by atoms with Gasteiger partial charge in [0.15, 0.2) is 0 Å². The lowest BCUT2D eigenvalue weighted by atomic mass is 9.94. The van der Waals surface area contributed by atoms with E-state index in [9.17, 15) is 9.59 Å². The molecule has 3 N–H and O–H groups in total.